The summed E-state index contributed by atoms with van der Waals surface area (Å²) in [5, 5.41) is 9.42. The van der Waals surface area contributed by atoms with Crippen LogP contribution in [0.1, 0.15) is 27.7 Å². The van der Waals surface area contributed by atoms with E-state index >= 15 is 0 Å². The van der Waals surface area contributed by atoms with Crippen LogP contribution in [0.3, 0.4) is 0 Å². The van der Waals surface area contributed by atoms with E-state index in [-0.39, 0.29) is 5.41 Å². The molecule has 11 heavy (non-hydrogen) atoms. The van der Waals surface area contributed by atoms with Gasteiger partial charge < -0.3 is 5.11 Å². The monoisotopic (exact) mass is 222 g/mol. The van der Waals surface area contributed by atoms with Gasteiger partial charge in [0.05, 0.1) is 5.41 Å². The molecule has 0 aliphatic carbocycles. The van der Waals surface area contributed by atoms with Crippen LogP contribution in [-0.2, 0) is 4.79 Å². The molecule has 0 radical (unpaired) electrons. The van der Waals surface area contributed by atoms with E-state index in [2.05, 4.69) is 15.9 Å². The Bertz CT molecular complexity index is 160. The number of hydrogen-bond acceptors (Lipinski definition) is 1. The Labute approximate surface area is 76.1 Å². The van der Waals surface area contributed by atoms with Crippen LogP contribution in [0.25, 0.3) is 0 Å². The van der Waals surface area contributed by atoms with Gasteiger partial charge in [-0.2, -0.15) is 0 Å². The lowest BCUT2D eigenvalue weighted by Gasteiger charge is -2.36. The average Bonchev–Trinajstić information content (AvgIpc) is 1.83. The molecular weight excluding hydrogens is 208 g/mol. The van der Waals surface area contributed by atoms with Gasteiger partial charge in [-0.15, -0.1) is 0 Å². The summed E-state index contributed by atoms with van der Waals surface area (Å²) in [7, 11) is 0. The number of carbonyl (C=O) groups is 1. The fraction of sp³-hybridized carbons (Fsp3) is 0.875. The standard InChI is InChI=1S/C8H15BrO2/c1-7(2,3)8(4,5-9)6(10)11/h5H2,1-4H3,(H,10,11). The summed E-state index contributed by atoms with van der Waals surface area (Å²) in [5.41, 5.74) is -0.907. The van der Waals surface area contributed by atoms with Crippen LogP contribution in [0, 0.1) is 10.8 Å². The number of aliphatic carboxylic acids is 1. The van der Waals surface area contributed by atoms with Gasteiger partial charge in [-0.3, -0.25) is 4.79 Å². The molecule has 1 N–H and O–H groups in total. The zero-order valence-electron chi connectivity index (χ0n) is 7.44. The normalized spacial score (nSPS) is 17.5. The quantitative estimate of drug-likeness (QED) is 0.730. The molecule has 0 rings (SSSR count). The van der Waals surface area contributed by atoms with E-state index in [1.807, 2.05) is 20.8 Å². The molecule has 1 unspecified atom stereocenters. The first-order valence-electron chi connectivity index (χ1n) is 3.55. The molecule has 1 atom stereocenters. The molecule has 0 fully saturated rings. The molecule has 0 aromatic carbocycles. The van der Waals surface area contributed by atoms with Gasteiger partial charge in [0.15, 0.2) is 0 Å². The van der Waals surface area contributed by atoms with Crippen molar-refractivity contribution < 1.29 is 9.90 Å². The Kier molecular flexibility index (Phi) is 3.12. The van der Waals surface area contributed by atoms with Crippen molar-refractivity contribution in [2.24, 2.45) is 10.8 Å². The van der Waals surface area contributed by atoms with Crippen molar-refractivity contribution in [2.75, 3.05) is 5.33 Å². The van der Waals surface area contributed by atoms with Crippen LogP contribution in [0.4, 0.5) is 0 Å². The maximum Gasteiger partial charge on any atom is 0.310 e. The lowest BCUT2D eigenvalue weighted by molar-refractivity contribution is -0.152. The minimum absolute atomic E-state index is 0.220. The predicted molar refractivity (Wildman–Crippen MR) is 49.0 cm³/mol. The number of alkyl halides is 1. The van der Waals surface area contributed by atoms with Gasteiger partial charge >= 0.3 is 5.97 Å². The maximum atomic E-state index is 10.9. The molecule has 0 spiro atoms. The number of halogens is 1. The van der Waals surface area contributed by atoms with Crippen LogP contribution < -0.4 is 0 Å². The first kappa shape index (κ1) is 11.0. The minimum atomic E-state index is -0.748. The van der Waals surface area contributed by atoms with Crippen molar-refractivity contribution in [1.82, 2.24) is 0 Å². The largest absolute Gasteiger partial charge is 0.481 e. The second kappa shape index (κ2) is 3.13. The summed E-state index contributed by atoms with van der Waals surface area (Å²) >= 11 is 3.23. The molecule has 0 saturated carbocycles. The molecule has 3 heteroatoms. The van der Waals surface area contributed by atoms with Crippen LogP contribution in [0.2, 0.25) is 0 Å². The van der Waals surface area contributed by atoms with Crippen molar-refractivity contribution in [2.45, 2.75) is 27.7 Å². The number of carboxylic acid groups (broad SMARTS) is 1. The van der Waals surface area contributed by atoms with Gasteiger partial charge in [-0.05, 0) is 12.3 Å². The summed E-state index contributed by atoms with van der Waals surface area (Å²) < 4.78 is 0. The molecule has 0 heterocycles. The Morgan fingerprint density at radius 3 is 1.73 bits per heavy atom. The van der Waals surface area contributed by atoms with Crippen LogP contribution in [0.5, 0.6) is 0 Å². The van der Waals surface area contributed by atoms with Crippen LogP contribution in [0.15, 0.2) is 0 Å². The fourth-order valence-electron chi connectivity index (χ4n) is 0.578. The van der Waals surface area contributed by atoms with Crippen LogP contribution in [-0.4, -0.2) is 16.4 Å². The molecule has 0 aromatic rings. The average molecular weight is 223 g/mol. The molecule has 66 valence electrons. The van der Waals surface area contributed by atoms with Gasteiger partial charge in [-0.25, -0.2) is 0 Å². The highest BCUT2D eigenvalue weighted by Gasteiger charge is 2.43. The maximum absolute atomic E-state index is 10.9. The van der Waals surface area contributed by atoms with Gasteiger partial charge in [-0.1, -0.05) is 36.7 Å². The Morgan fingerprint density at radius 1 is 1.36 bits per heavy atom. The highest BCUT2D eigenvalue weighted by atomic mass is 79.9. The summed E-state index contributed by atoms with van der Waals surface area (Å²) in [6.45, 7) is 7.55. The predicted octanol–water partition coefficient (Wildman–Crippen LogP) is 2.52. The Morgan fingerprint density at radius 2 is 1.73 bits per heavy atom. The van der Waals surface area contributed by atoms with Gasteiger partial charge in [0.1, 0.15) is 0 Å². The summed E-state index contributed by atoms with van der Waals surface area (Å²) in [4.78, 5) is 10.9. The van der Waals surface area contributed by atoms with E-state index < -0.39 is 11.4 Å². The van der Waals surface area contributed by atoms with Gasteiger partial charge in [0, 0.05) is 5.33 Å². The third kappa shape index (κ3) is 1.95. The lowest BCUT2D eigenvalue weighted by atomic mass is 9.69. The zero-order chi connectivity index (χ0) is 9.28. The summed E-state index contributed by atoms with van der Waals surface area (Å²) in [5.74, 6) is -0.748. The fourth-order valence-corrected chi connectivity index (χ4v) is 1.66. The molecule has 0 amide bonds. The van der Waals surface area contributed by atoms with Crippen molar-refractivity contribution >= 4 is 21.9 Å². The minimum Gasteiger partial charge on any atom is -0.481 e. The Balaban J connectivity index is 4.75. The molecule has 0 aromatic heterocycles. The number of rotatable bonds is 2. The van der Waals surface area contributed by atoms with E-state index in [9.17, 15) is 4.79 Å². The second-order valence-corrected chi connectivity index (χ2v) is 4.58. The number of carboxylic acids is 1. The van der Waals surface area contributed by atoms with E-state index in [0.29, 0.717) is 5.33 Å². The molecule has 0 aliphatic rings. The highest BCUT2D eigenvalue weighted by molar-refractivity contribution is 9.09. The van der Waals surface area contributed by atoms with E-state index in [0.717, 1.165) is 0 Å². The van der Waals surface area contributed by atoms with Crippen LogP contribution >= 0.6 is 15.9 Å². The third-order valence-corrected chi connectivity index (χ3v) is 3.52. The second-order valence-electron chi connectivity index (χ2n) is 4.02. The van der Waals surface area contributed by atoms with E-state index in [4.69, 9.17) is 5.11 Å². The summed E-state index contributed by atoms with van der Waals surface area (Å²) in [6, 6.07) is 0. The van der Waals surface area contributed by atoms with Crippen molar-refractivity contribution in [1.29, 1.82) is 0 Å². The van der Waals surface area contributed by atoms with E-state index in [1.54, 1.807) is 6.92 Å². The Hall–Kier alpha value is -0.0500. The van der Waals surface area contributed by atoms with Crippen molar-refractivity contribution in [3.8, 4) is 0 Å². The molecule has 0 saturated heterocycles. The topological polar surface area (TPSA) is 37.3 Å². The van der Waals surface area contributed by atoms with Gasteiger partial charge in [0.2, 0.25) is 0 Å². The smallest absolute Gasteiger partial charge is 0.310 e. The molecular formula is C8H15BrO2. The molecule has 2 nitrogen and oxygen atoms in total. The first-order chi connectivity index (χ1) is 4.75. The molecule has 0 bridgehead atoms. The van der Waals surface area contributed by atoms with Gasteiger partial charge in [0.25, 0.3) is 0 Å². The number of hydrogen-bond donors (Lipinski definition) is 1. The van der Waals surface area contributed by atoms with Crippen molar-refractivity contribution in [3.63, 3.8) is 0 Å². The van der Waals surface area contributed by atoms with E-state index in [1.165, 1.54) is 0 Å². The van der Waals surface area contributed by atoms with Crippen molar-refractivity contribution in [3.05, 3.63) is 0 Å². The molecule has 0 aliphatic heterocycles. The first-order valence-corrected chi connectivity index (χ1v) is 4.67. The zero-order valence-corrected chi connectivity index (χ0v) is 9.03. The third-order valence-electron chi connectivity index (χ3n) is 2.39. The summed E-state index contributed by atoms with van der Waals surface area (Å²) in [6.07, 6.45) is 0. The SMILES string of the molecule is CC(C)(C)C(C)(CBr)C(=O)O. The lowest BCUT2D eigenvalue weighted by Crippen LogP contribution is -2.41. The highest BCUT2D eigenvalue weighted by Crippen LogP contribution is 2.39.